The lowest BCUT2D eigenvalue weighted by atomic mass is 10.0. The lowest BCUT2D eigenvalue weighted by Crippen LogP contribution is -2.17. The number of rotatable bonds is 4. The number of carbonyl (C=O) groups excluding carboxylic acids is 2. The molecule has 1 heterocycles. The number of benzene rings is 2. The van der Waals surface area contributed by atoms with Crippen molar-refractivity contribution in [3.63, 3.8) is 0 Å². The zero-order chi connectivity index (χ0) is 18.8. The molecule has 26 heavy (non-hydrogen) atoms. The van der Waals surface area contributed by atoms with Gasteiger partial charge in [-0.2, -0.15) is 0 Å². The van der Waals surface area contributed by atoms with Gasteiger partial charge >= 0.3 is 0 Å². The van der Waals surface area contributed by atoms with E-state index in [9.17, 15) is 9.59 Å². The Labute approximate surface area is 165 Å². The number of imide groups is 1. The highest BCUT2D eigenvalue weighted by atomic mass is 35.5. The summed E-state index contributed by atoms with van der Waals surface area (Å²) in [5.74, 6) is 0.394. The van der Waals surface area contributed by atoms with E-state index in [1.807, 2.05) is 32.0 Å². The van der Waals surface area contributed by atoms with Crippen LogP contribution in [0.2, 0.25) is 10.0 Å². The molecule has 0 spiro atoms. The highest BCUT2D eigenvalue weighted by Gasteiger charge is 2.25. The molecule has 2 aromatic carbocycles. The van der Waals surface area contributed by atoms with Gasteiger partial charge in [-0.15, -0.1) is 0 Å². The predicted octanol–water partition coefficient (Wildman–Crippen LogP) is 5.51. The fourth-order valence-electron chi connectivity index (χ4n) is 2.66. The molecule has 1 aliphatic rings. The molecule has 7 heteroatoms. The van der Waals surface area contributed by atoms with Crippen LogP contribution in [0.25, 0.3) is 6.08 Å². The van der Waals surface area contributed by atoms with E-state index in [-0.39, 0.29) is 11.1 Å². The molecule has 2 amide bonds. The zero-order valence-electron chi connectivity index (χ0n) is 14.1. The molecule has 0 bridgehead atoms. The van der Waals surface area contributed by atoms with Crippen molar-refractivity contribution in [2.24, 2.45) is 0 Å². The molecule has 1 N–H and O–H groups in total. The molecule has 1 aliphatic heterocycles. The first-order valence-corrected chi connectivity index (χ1v) is 9.33. The van der Waals surface area contributed by atoms with Gasteiger partial charge in [0.15, 0.2) is 0 Å². The number of hydrogen-bond acceptors (Lipinski definition) is 4. The summed E-state index contributed by atoms with van der Waals surface area (Å²) < 4.78 is 5.95. The first-order chi connectivity index (χ1) is 12.3. The minimum atomic E-state index is -0.368. The summed E-state index contributed by atoms with van der Waals surface area (Å²) in [6, 6.07) is 9.11. The first-order valence-electron chi connectivity index (χ1n) is 7.76. The van der Waals surface area contributed by atoms with Gasteiger partial charge in [-0.05, 0) is 72.6 Å². The smallest absolute Gasteiger partial charge is 0.290 e. The third-order valence-electron chi connectivity index (χ3n) is 3.81. The van der Waals surface area contributed by atoms with Crippen LogP contribution in [0.3, 0.4) is 0 Å². The summed E-state index contributed by atoms with van der Waals surface area (Å²) in [6.07, 6.45) is 1.70. The van der Waals surface area contributed by atoms with E-state index in [0.29, 0.717) is 21.6 Å². The number of nitrogens with one attached hydrogen (secondary N) is 1. The molecule has 1 saturated heterocycles. The maximum Gasteiger partial charge on any atom is 0.290 e. The van der Waals surface area contributed by atoms with Crippen molar-refractivity contribution in [3.8, 4) is 5.75 Å². The molecule has 1 fully saturated rings. The Morgan fingerprint density at radius 1 is 1.12 bits per heavy atom. The van der Waals surface area contributed by atoms with Gasteiger partial charge in [0.25, 0.3) is 11.1 Å². The lowest BCUT2D eigenvalue weighted by Gasteiger charge is -2.14. The molecule has 0 radical (unpaired) electrons. The van der Waals surface area contributed by atoms with Gasteiger partial charge in [0.2, 0.25) is 0 Å². The van der Waals surface area contributed by atoms with Gasteiger partial charge in [-0.25, -0.2) is 0 Å². The molecule has 2 aromatic rings. The second kappa shape index (κ2) is 7.74. The van der Waals surface area contributed by atoms with Crippen LogP contribution in [-0.2, 0) is 11.4 Å². The number of hydrogen-bond donors (Lipinski definition) is 1. The Hall–Kier alpha value is -1.95. The third kappa shape index (κ3) is 4.23. The van der Waals surface area contributed by atoms with Gasteiger partial charge < -0.3 is 4.74 Å². The van der Waals surface area contributed by atoms with E-state index in [1.54, 1.807) is 18.2 Å². The molecular weight excluding hydrogens is 393 g/mol. The van der Waals surface area contributed by atoms with Crippen LogP contribution >= 0.6 is 35.0 Å². The van der Waals surface area contributed by atoms with Crippen LogP contribution in [0, 0.1) is 13.8 Å². The van der Waals surface area contributed by atoms with Crippen LogP contribution in [-0.4, -0.2) is 11.1 Å². The standard InChI is InChI=1S/C19H15Cl2NO3S/c1-10-5-12(7-16-18(23)22-19(24)26-16)6-11(2)17(10)25-9-13-3-4-14(20)8-15(13)21/h3-8H,9H2,1-2H3,(H,22,23,24)/b16-7+. The fourth-order valence-corrected chi connectivity index (χ4v) is 3.80. The van der Waals surface area contributed by atoms with Gasteiger partial charge in [-0.3, -0.25) is 14.9 Å². The summed E-state index contributed by atoms with van der Waals surface area (Å²) in [4.78, 5) is 23.3. The van der Waals surface area contributed by atoms with Crippen LogP contribution in [0.1, 0.15) is 22.3 Å². The normalized spacial score (nSPS) is 15.5. The van der Waals surface area contributed by atoms with E-state index < -0.39 is 0 Å². The third-order valence-corrected chi connectivity index (χ3v) is 5.21. The summed E-state index contributed by atoms with van der Waals surface area (Å²) in [6.45, 7) is 4.19. The number of carbonyl (C=O) groups is 2. The van der Waals surface area contributed by atoms with Crippen LogP contribution in [0.5, 0.6) is 5.75 Å². The second-order valence-electron chi connectivity index (χ2n) is 5.86. The summed E-state index contributed by atoms with van der Waals surface area (Å²) in [5, 5.41) is 3.03. The minimum Gasteiger partial charge on any atom is -0.488 e. The summed E-state index contributed by atoms with van der Waals surface area (Å²) in [7, 11) is 0. The quantitative estimate of drug-likeness (QED) is 0.678. The summed E-state index contributed by atoms with van der Waals surface area (Å²) in [5.41, 5.74) is 3.54. The molecule has 3 rings (SSSR count). The Kier molecular flexibility index (Phi) is 5.61. The largest absolute Gasteiger partial charge is 0.488 e. The maximum absolute atomic E-state index is 11.7. The molecule has 0 atom stereocenters. The van der Waals surface area contributed by atoms with Crippen molar-refractivity contribution in [3.05, 3.63) is 67.5 Å². The maximum atomic E-state index is 11.7. The van der Waals surface area contributed by atoms with E-state index in [1.165, 1.54) is 0 Å². The fraction of sp³-hybridized carbons (Fsp3) is 0.158. The monoisotopic (exact) mass is 407 g/mol. The van der Waals surface area contributed by atoms with Gasteiger partial charge in [0.05, 0.1) is 4.91 Å². The average molecular weight is 408 g/mol. The van der Waals surface area contributed by atoms with E-state index >= 15 is 0 Å². The number of ether oxygens (including phenoxy) is 1. The van der Waals surface area contributed by atoms with Crippen LogP contribution < -0.4 is 10.1 Å². The topological polar surface area (TPSA) is 55.4 Å². The molecular formula is C19H15Cl2NO3S. The Balaban J connectivity index is 1.80. The molecule has 0 aliphatic carbocycles. The van der Waals surface area contributed by atoms with Gasteiger partial charge in [0.1, 0.15) is 12.4 Å². The van der Waals surface area contributed by atoms with Crippen LogP contribution in [0.15, 0.2) is 35.2 Å². The molecule has 134 valence electrons. The van der Waals surface area contributed by atoms with Crippen LogP contribution in [0.4, 0.5) is 4.79 Å². The Bertz CT molecular complexity index is 917. The number of amides is 2. The number of aryl methyl sites for hydroxylation is 2. The highest BCUT2D eigenvalue weighted by Crippen LogP contribution is 2.31. The molecule has 0 unspecified atom stereocenters. The first kappa shape index (κ1) is 18.8. The van der Waals surface area contributed by atoms with E-state index in [0.717, 1.165) is 39.8 Å². The van der Waals surface area contributed by atoms with Crippen molar-refractivity contribution in [2.75, 3.05) is 0 Å². The summed E-state index contributed by atoms with van der Waals surface area (Å²) >= 11 is 13.0. The van der Waals surface area contributed by atoms with Crippen molar-refractivity contribution in [2.45, 2.75) is 20.5 Å². The highest BCUT2D eigenvalue weighted by molar-refractivity contribution is 8.18. The van der Waals surface area contributed by atoms with Crippen molar-refractivity contribution in [1.29, 1.82) is 0 Å². The minimum absolute atomic E-state index is 0.324. The van der Waals surface area contributed by atoms with E-state index in [2.05, 4.69) is 5.32 Å². The van der Waals surface area contributed by atoms with Crippen molar-refractivity contribution >= 4 is 52.2 Å². The Morgan fingerprint density at radius 3 is 2.38 bits per heavy atom. The lowest BCUT2D eigenvalue weighted by molar-refractivity contribution is -0.115. The average Bonchev–Trinajstić information content (AvgIpc) is 2.86. The number of thioether (sulfide) groups is 1. The van der Waals surface area contributed by atoms with Gasteiger partial charge in [0, 0.05) is 15.6 Å². The van der Waals surface area contributed by atoms with Crippen molar-refractivity contribution < 1.29 is 14.3 Å². The predicted molar refractivity (Wildman–Crippen MR) is 106 cm³/mol. The second-order valence-corrected chi connectivity index (χ2v) is 7.72. The molecule has 4 nitrogen and oxygen atoms in total. The Morgan fingerprint density at radius 2 is 1.81 bits per heavy atom. The number of halogens is 2. The molecule has 0 aromatic heterocycles. The SMILES string of the molecule is Cc1cc(/C=C2/SC(=O)NC2=O)cc(C)c1OCc1ccc(Cl)cc1Cl. The van der Waals surface area contributed by atoms with Gasteiger partial charge in [-0.1, -0.05) is 29.3 Å². The molecule has 0 saturated carbocycles. The zero-order valence-corrected chi connectivity index (χ0v) is 16.4. The van der Waals surface area contributed by atoms with E-state index in [4.69, 9.17) is 27.9 Å². The van der Waals surface area contributed by atoms with Crippen molar-refractivity contribution in [1.82, 2.24) is 5.32 Å².